The Kier molecular flexibility index (Phi) is 14.6. The summed E-state index contributed by atoms with van der Waals surface area (Å²) in [6.07, 6.45) is -2.24. The van der Waals surface area contributed by atoms with Crippen LogP contribution in [0.3, 0.4) is 0 Å². The van der Waals surface area contributed by atoms with Gasteiger partial charge in [0.25, 0.3) is 5.56 Å². The van der Waals surface area contributed by atoms with Gasteiger partial charge in [-0.15, -0.1) is 0 Å². The summed E-state index contributed by atoms with van der Waals surface area (Å²) in [6, 6.07) is 2.63. The van der Waals surface area contributed by atoms with Crippen molar-refractivity contribution in [3.63, 3.8) is 0 Å². The summed E-state index contributed by atoms with van der Waals surface area (Å²) >= 11 is 5.96. The number of nitriles is 1. The molecule has 19 nitrogen and oxygen atoms in total. The number of nitrogens with zero attached hydrogens (tertiary/aromatic N) is 6. The van der Waals surface area contributed by atoms with Crippen molar-refractivity contribution in [3.8, 4) is 6.07 Å². The maximum absolute atomic E-state index is 15.8. The molecule has 0 bridgehead atoms. The van der Waals surface area contributed by atoms with Crippen LogP contribution in [0.15, 0.2) is 29.7 Å². The van der Waals surface area contributed by atoms with E-state index in [9.17, 15) is 29.4 Å². The fourth-order valence-electron chi connectivity index (χ4n) is 6.25. The molecule has 5 N–H and O–H groups in total. The van der Waals surface area contributed by atoms with E-state index in [4.69, 9.17) is 34.5 Å². The first-order chi connectivity index (χ1) is 26.8. The molecule has 10 atom stereocenters. The van der Waals surface area contributed by atoms with Crippen LogP contribution >= 0.6 is 14.7 Å². The molecule has 1 aliphatic carbocycles. The summed E-state index contributed by atoms with van der Waals surface area (Å²) in [5, 5.41) is 25.2. The quantitative estimate of drug-likeness (QED) is 0.0729. The van der Waals surface area contributed by atoms with E-state index in [2.05, 4.69) is 35.6 Å². The SMILES string of the molecule is CC(C)C(=O)Nc1nc2c(ncn2[C@@H]2O[C@H](CO)C(O[Si](C)(C)C(C)(C)C)[C@H]2OP(=S)(OCCC#N)OC[C@H]2C[C@@H](Nc3ccncn3)[C@H](F)[C@@H]2[PH](=O)O)c(=O)[nH]1. The molecule has 2 aliphatic rings. The zero-order chi connectivity index (χ0) is 41.9. The van der Waals surface area contributed by atoms with Gasteiger partial charge in [-0.2, -0.15) is 10.2 Å². The third-order valence-electron chi connectivity index (χ3n) is 10.3. The van der Waals surface area contributed by atoms with Crippen LogP contribution in [0.5, 0.6) is 0 Å². The van der Waals surface area contributed by atoms with Crippen LogP contribution in [0.1, 0.15) is 53.7 Å². The van der Waals surface area contributed by atoms with Gasteiger partial charge in [-0.1, -0.05) is 34.6 Å². The average Bonchev–Trinajstić information content (AvgIpc) is 3.80. The van der Waals surface area contributed by atoms with Gasteiger partial charge in [0.2, 0.25) is 11.9 Å². The van der Waals surface area contributed by atoms with Crippen LogP contribution in [0.4, 0.5) is 16.2 Å². The lowest BCUT2D eigenvalue weighted by Crippen LogP contribution is -2.50. The Morgan fingerprint density at radius 2 is 2.04 bits per heavy atom. The van der Waals surface area contributed by atoms with E-state index in [1.165, 1.54) is 23.4 Å². The highest BCUT2D eigenvalue weighted by atomic mass is 32.5. The number of amides is 1. The Hall–Kier alpha value is -3.06. The highest BCUT2D eigenvalue weighted by molar-refractivity contribution is 8.07. The number of aromatic amines is 1. The Morgan fingerprint density at radius 3 is 2.65 bits per heavy atom. The second-order valence-corrected chi connectivity index (χ2v) is 24.7. The number of ether oxygens (including phenoxy) is 1. The third kappa shape index (κ3) is 10.4. The maximum Gasteiger partial charge on any atom is 0.327 e. The number of aromatic nitrogens is 6. The molecule has 4 heterocycles. The van der Waals surface area contributed by atoms with Crippen molar-refractivity contribution in [2.75, 3.05) is 30.5 Å². The van der Waals surface area contributed by atoms with Gasteiger partial charge in [-0.3, -0.25) is 33.5 Å². The average molecular weight is 874 g/mol. The largest absolute Gasteiger partial charge is 0.408 e. The van der Waals surface area contributed by atoms with E-state index in [0.717, 1.165) is 0 Å². The molecule has 1 saturated heterocycles. The molecule has 3 aromatic heterocycles. The first-order valence-corrected chi connectivity index (χ1v) is 25.2. The van der Waals surface area contributed by atoms with Crippen molar-refractivity contribution in [2.24, 2.45) is 11.8 Å². The predicted octanol–water partition coefficient (Wildman–Crippen LogP) is 4.02. The molecule has 0 aromatic carbocycles. The summed E-state index contributed by atoms with van der Waals surface area (Å²) in [4.78, 5) is 55.1. The van der Waals surface area contributed by atoms with Crippen LogP contribution in [-0.4, -0.2) is 110 Å². The number of imidazole rings is 1. The topological polar surface area (TPSA) is 258 Å². The number of hydrogen-bond acceptors (Lipinski definition) is 16. The van der Waals surface area contributed by atoms with Gasteiger partial charge in [0, 0.05) is 12.1 Å². The summed E-state index contributed by atoms with van der Waals surface area (Å²) in [6.45, 7) is 8.31. The monoisotopic (exact) mass is 873 g/mol. The molecule has 5 rings (SSSR count). The van der Waals surface area contributed by atoms with E-state index in [1.54, 1.807) is 19.9 Å². The van der Waals surface area contributed by atoms with Crippen molar-refractivity contribution in [1.29, 1.82) is 5.26 Å². The van der Waals surface area contributed by atoms with E-state index in [1.807, 2.05) is 39.9 Å². The zero-order valence-electron chi connectivity index (χ0n) is 32.6. The Bertz CT molecular complexity index is 2050. The predicted molar refractivity (Wildman–Crippen MR) is 213 cm³/mol. The standard InChI is InChI=1S/C33H50FN9O10P2SSi/c1-18(2)29(45)41-32-40-28-24(30(46)42-32)38-17-43(28)31-26(25(21(14-44)51-31)53-57(6,7)33(3,4)5)52-55(56,49-12-8-10-35)50-15-19-13-20(23(34)27(19)54(47)48)39-22-9-11-36-16-37-22/h9,11,16-21,23,25-27,31,44,54H,8,12-15H2,1-7H3,(H,47,48)(H,36,37,39)(H2,40,41,42,45,46)/t19-,20-,21-,23+,25?,26-,27-,31-,55?/m1/s1. The number of halogens is 1. The lowest BCUT2D eigenvalue weighted by molar-refractivity contribution is -0.118. The number of alkyl halides is 1. The molecule has 1 amide bonds. The van der Waals surface area contributed by atoms with Crippen LogP contribution < -0.4 is 16.2 Å². The normalized spacial score (nSPS) is 27.0. The van der Waals surface area contributed by atoms with Crippen LogP contribution in [-0.2, 0) is 43.9 Å². The molecule has 1 aliphatic heterocycles. The third-order valence-corrected chi connectivity index (χ3v) is 18.5. The van der Waals surface area contributed by atoms with Crippen molar-refractivity contribution in [3.05, 3.63) is 35.3 Å². The van der Waals surface area contributed by atoms with Gasteiger partial charge in [-0.25, -0.2) is 19.3 Å². The second-order valence-electron chi connectivity index (χ2n) is 15.7. The number of hydrogen-bond donors (Lipinski definition) is 5. The van der Waals surface area contributed by atoms with E-state index in [0.29, 0.717) is 5.82 Å². The van der Waals surface area contributed by atoms with Crippen molar-refractivity contribution in [2.45, 2.75) is 108 Å². The minimum Gasteiger partial charge on any atom is -0.408 e. The lowest BCUT2D eigenvalue weighted by Gasteiger charge is -2.41. The summed E-state index contributed by atoms with van der Waals surface area (Å²) < 4.78 is 61.9. The van der Waals surface area contributed by atoms with Gasteiger partial charge in [-0.05, 0) is 48.3 Å². The number of anilines is 2. The minimum absolute atomic E-state index is 0.00113. The van der Waals surface area contributed by atoms with Crippen molar-refractivity contribution < 1.29 is 46.5 Å². The molecule has 3 aromatic rings. The van der Waals surface area contributed by atoms with E-state index >= 15 is 4.39 Å². The summed E-state index contributed by atoms with van der Waals surface area (Å²) in [5.74, 6) is -1.46. The number of nitrogens with one attached hydrogen (secondary N) is 3. The fourth-order valence-corrected chi connectivity index (χ4v) is 10.8. The number of H-pyrrole nitrogens is 1. The fraction of sp³-hybridized carbons (Fsp3) is 0.667. The van der Waals surface area contributed by atoms with Gasteiger partial charge in [0.1, 0.15) is 36.6 Å². The van der Waals surface area contributed by atoms with Crippen molar-refractivity contribution >= 4 is 63.7 Å². The van der Waals surface area contributed by atoms with Gasteiger partial charge < -0.3 is 33.5 Å². The Morgan fingerprint density at radius 1 is 1.30 bits per heavy atom. The smallest absolute Gasteiger partial charge is 0.327 e. The molecule has 1 saturated carbocycles. The highest BCUT2D eigenvalue weighted by Crippen LogP contribution is 2.57. The first kappa shape index (κ1) is 45.0. The van der Waals surface area contributed by atoms with Crippen LogP contribution in [0.25, 0.3) is 11.2 Å². The zero-order valence-corrected chi connectivity index (χ0v) is 36.3. The number of carbonyl (C=O) groups excluding carboxylic acids is 1. The highest BCUT2D eigenvalue weighted by Gasteiger charge is 2.54. The number of carbonyl (C=O) groups is 1. The van der Waals surface area contributed by atoms with Crippen LogP contribution in [0.2, 0.25) is 18.1 Å². The molecule has 314 valence electrons. The Labute approximate surface area is 335 Å². The molecule has 3 unspecified atom stereocenters. The molecule has 2 fully saturated rings. The number of aliphatic hydroxyl groups excluding tert-OH is 1. The Balaban J connectivity index is 1.53. The molecule has 0 spiro atoms. The van der Waals surface area contributed by atoms with Crippen molar-refractivity contribution in [1.82, 2.24) is 29.5 Å². The van der Waals surface area contributed by atoms with E-state index < -0.39 is 95.4 Å². The number of fused-ring (bicyclic) bond motifs is 1. The minimum atomic E-state index is -4.00. The molecular weight excluding hydrogens is 824 g/mol. The summed E-state index contributed by atoms with van der Waals surface area (Å²) in [5.41, 5.74) is -2.05. The van der Waals surface area contributed by atoms with Gasteiger partial charge in [0.15, 0.2) is 33.7 Å². The lowest BCUT2D eigenvalue weighted by atomic mass is 10.1. The maximum atomic E-state index is 15.8. The number of rotatable bonds is 17. The van der Waals surface area contributed by atoms with Gasteiger partial charge >= 0.3 is 6.72 Å². The molecule has 0 radical (unpaired) electrons. The first-order valence-electron chi connectivity index (χ1n) is 18.3. The summed E-state index contributed by atoms with van der Waals surface area (Å²) in [7, 11) is -6.11. The molecular formula is C33H50FN9O10P2SSi. The number of aliphatic hydroxyl groups is 1. The van der Waals surface area contributed by atoms with E-state index in [-0.39, 0.29) is 48.2 Å². The van der Waals surface area contributed by atoms with Gasteiger partial charge in [0.05, 0.1) is 50.3 Å². The van der Waals surface area contributed by atoms with Crippen LogP contribution in [0, 0.1) is 23.2 Å². The molecule has 24 heteroatoms. The molecule has 57 heavy (non-hydrogen) atoms. The second kappa shape index (κ2) is 18.5.